The van der Waals surface area contributed by atoms with E-state index in [1.165, 1.54) is 5.69 Å². The first-order valence-corrected chi connectivity index (χ1v) is 6.32. The van der Waals surface area contributed by atoms with E-state index in [0.717, 1.165) is 24.3 Å². The number of aliphatic hydroxyl groups is 1. The summed E-state index contributed by atoms with van der Waals surface area (Å²) in [5.74, 6) is 0. The fourth-order valence-corrected chi connectivity index (χ4v) is 2.07. The zero-order chi connectivity index (χ0) is 13.2. The molecule has 4 heteroatoms. The monoisotopic (exact) mass is 247 g/mol. The average Bonchev–Trinajstić information content (AvgIpc) is 2.62. The summed E-state index contributed by atoms with van der Waals surface area (Å²) in [5.41, 5.74) is 3.14. The largest absolute Gasteiger partial charge is 0.396 e. The Bertz CT molecular complexity index is 531. The van der Waals surface area contributed by atoms with Crippen molar-refractivity contribution < 1.29 is 5.11 Å². The molecule has 0 saturated heterocycles. The van der Waals surface area contributed by atoms with Gasteiger partial charge >= 0.3 is 0 Å². The zero-order valence-electron chi connectivity index (χ0n) is 11.3. The van der Waals surface area contributed by atoms with Gasteiger partial charge in [-0.2, -0.15) is 0 Å². The van der Waals surface area contributed by atoms with Gasteiger partial charge in [-0.3, -0.25) is 0 Å². The molecule has 2 N–H and O–H groups in total. The number of hydrogen-bond acceptors (Lipinski definition) is 3. The first kappa shape index (κ1) is 13.1. The number of imidazole rings is 1. The molecule has 4 nitrogen and oxygen atoms in total. The van der Waals surface area contributed by atoms with Gasteiger partial charge in [0.05, 0.1) is 11.4 Å². The maximum atomic E-state index is 9.03. The van der Waals surface area contributed by atoms with Crippen LogP contribution in [0.4, 0.5) is 0 Å². The van der Waals surface area contributed by atoms with Crippen LogP contribution in [0.25, 0.3) is 5.65 Å². The Morgan fingerprint density at radius 3 is 2.89 bits per heavy atom. The van der Waals surface area contributed by atoms with E-state index in [0.29, 0.717) is 0 Å². The van der Waals surface area contributed by atoms with Crippen molar-refractivity contribution in [2.75, 3.05) is 6.61 Å². The molecule has 0 aromatic carbocycles. The third-order valence-electron chi connectivity index (χ3n) is 3.30. The van der Waals surface area contributed by atoms with Crippen molar-refractivity contribution in [2.24, 2.45) is 0 Å². The Hall–Kier alpha value is -1.39. The first-order valence-electron chi connectivity index (χ1n) is 6.32. The second kappa shape index (κ2) is 5.08. The molecule has 98 valence electrons. The van der Waals surface area contributed by atoms with Gasteiger partial charge in [-0.1, -0.05) is 6.07 Å². The lowest BCUT2D eigenvalue weighted by molar-refractivity contribution is 0.229. The summed E-state index contributed by atoms with van der Waals surface area (Å²) in [6.07, 6.45) is 2.77. The Balaban J connectivity index is 2.19. The number of hydrogen-bond donors (Lipinski definition) is 2. The highest BCUT2D eigenvalue weighted by molar-refractivity contribution is 5.42. The second-order valence-electron chi connectivity index (χ2n) is 5.28. The van der Waals surface area contributed by atoms with E-state index in [4.69, 9.17) is 5.11 Å². The standard InChI is InChI=1S/C14H21N3O/c1-11-12(10-15-14(2,3)7-9-18)17-8-5-4-6-13(17)16-11/h4-6,8,15,18H,7,9-10H2,1-3H3. The lowest BCUT2D eigenvalue weighted by atomic mass is 10.0. The summed E-state index contributed by atoms with van der Waals surface area (Å²) in [6.45, 7) is 7.18. The van der Waals surface area contributed by atoms with Crippen molar-refractivity contribution in [3.05, 3.63) is 35.8 Å². The predicted molar refractivity (Wildman–Crippen MR) is 72.6 cm³/mol. The molecule has 2 aromatic heterocycles. The molecular weight excluding hydrogens is 226 g/mol. The Morgan fingerprint density at radius 2 is 2.17 bits per heavy atom. The summed E-state index contributed by atoms with van der Waals surface area (Å²) in [5, 5.41) is 12.5. The SMILES string of the molecule is Cc1nc2ccccn2c1CNC(C)(C)CCO. The first-order chi connectivity index (χ1) is 8.53. The molecule has 0 atom stereocenters. The molecule has 0 fully saturated rings. The highest BCUT2D eigenvalue weighted by Gasteiger charge is 2.17. The van der Waals surface area contributed by atoms with Gasteiger partial charge in [-0.25, -0.2) is 4.98 Å². The summed E-state index contributed by atoms with van der Waals surface area (Å²) in [7, 11) is 0. The lowest BCUT2D eigenvalue weighted by Gasteiger charge is -2.25. The van der Waals surface area contributed by atoms with Crippen LogP contribution in [0.15, 0.2) is 24.4 Å². The molecule has 2 heterocycles. The van der Waals surface area contributed by atoms with E-state index in [1.54, 1.807) is 0 Å². The Kier molecular flexibility index (Phi) is 3.68. The minimum atomic E-state index is -0.0693. The quantitative estimate of drug-likeness (QED) is 0.848. The van der Waals surface area contributed by atoms with Crippen molar-refractivity contribution in [1.82, 2.24) is 14.7 Å². The van der Waals surface area contributed by atoms with Crippen LogP contribution in [0.5, 0.6) is 0 Å². The molecule has 0 radical (unpaired) electrons. The predicted octanol–water partition coefficient (Wildman–Crippen LogP) is 1.89. The smallest absolute Gasteiger partial charge is 0.137 e. The van der Waals surface area contributed by atoms with E-state index in [1.807, 2.05) is 31.3 Å². The molecule has 0 bridgehead atoms. The van der Waals surface area contributed by atoms with Crippen molar-refractivity contribution in [3.63, 3.8) is 0 Å². The lowest BCUT2D eigenvalue weighted by Crippen LogP contribution is -2.39. The number of pyridine rings is 1. The fourth-order valence-electron chi connectivity index (χ4n) is 2.07. The van der Waals surface area contributed by atoms with Gasteiger partial charge in [0.2, 0.25) is 0 Å². The number of fused-ring (bicyclic) bond motifs is 1. The molecule has 0 saturated carbocycles. The fraction of sp³-hybridized carbons (Fsp3) is 0.500. The molecule has 0 aliphatic carbocycles. The summed E-state index contributed by atoms with van der Waals surface area (Å²) < 4.78 is 2.11. The normalized spacial score (nSPS) is 12.2. The minimum absolute atomic E-state index is 0.0693. The van der Waals surface area contributed by atoms with Crippen molar-refractivity contribution >= 4 is 5.65 Å². The van der Waals surface area contributed by atoms with E-state index >= 15 is 0 Å². The van der Waals surface area contributed by atoms with Crippen LogP contribution in [0.2, 0.25) is 0 Å². The zero-order valence-corrected chi connectivity index (χ0v) is 11.3. The van der Waals surface area contributed by atoms with Crippen LogP contribution in [0.1, 0.15) is 31.7 Å². The number of nitrogens with zero attached hydrogens (tertiary/aromatic N) is 2. The van der Waals surface area contributed by atoms with Crippen LogP contribution in [-0.2, 0) is 6.54 Å². The number of aryl methyl sites for hydroxylation is 1. The molecule has 2 aromatic rings. The van der Waals surface area contributed by atoms with Gasteiger partial charge in [0.1, 0.15) is 5.65 Å². The van der Waals surface area contributed by atoms with E-state index in [2.05, 4.69) is 28.5 Å². The number of aliphatic hydroxyl groups excluding tert-OH is 1. The van der Waals surface area contributed by atoms with Crippen LogP contribution >= 0.6 is 0 Å². The number of nitrogens with one attached hydrogen (secondary N) is 1. The summed E-state index contributed by atoms with van der Waals surface area (Å²) in [4.78, 5) is 4.53. The molecular formula is C14H21N3O. The molecule has 0 amide bonds. The second-order valence-corrected chi connectivity index (χ2v) is 5.28. The summed E-state index contributed by atoms with van der Waals surface area (Å²) in [6, 6.07) is 6.01. The topological polar surface area (TPSA) is 49.6 Å². The van der Waals surface area contributed by atoms with Gasteiger partial charge in [-0.05, 0) is 39.3 Å². The van der Waals surface area contributed by atoms with Gasteiger partial charge in [0.25, 0.3) is 0 Å². The molecule has 0 unspecified atom stereocenters. The van der Waals surface area contributed by atoms with E-state index in [-0.39, 0.29) is 12.1 Å². The van der Waals surface area contributed by atoms with Gasteiger partial charge in [0, 0.05) is 24.9 Å². The van der Waals surface area contributed by atoms with Crippen LogP contribution in [0, 0.1) is 6.92 Å². The minimum Gasteiger partial charge on any atom is -0.396 e. The van der Waals surface area contributed by atoms with E-state index < -0.39 is 0 Å². The van der Waals surface area contributed by atoms with Crippen LogP contribution < -0.4 is 5.32 Å². The highest BCUT2D eigenvalue weighted by Crippen LogP contribution is 2.14. The summed E-state index contributed by atoms with van der Waals surface area (Å²) >= 11 is 0. The maximum absolute atomic E-state index is 9.03. The van der Waals surface area contributed by atoms with Crippen LogP contribution in [-0.4, -0.2) is 26.6 Å². The van der Waals surface area contributed by atoms with Gasteiger partial charge in [0.15, 0.2) is 0 Å². The molecule has 18 heavy (non-hydrogen) atoms. The molecule has 2 rings (SSSR count). The third-order valence-corrected chi connectivity index (χ3v) is 3.30. The molecule has 0 aliphatic heterocycles. The Morgan fingerprint density at radius 1 is 1.39 bits per heavy atom. The molecule has 0 aliphatic rings. The molecule has 0 spiro atoms. The van der Waals surface area contributed by atoms with Gasteiger partial charge < -0.3 is 14.8 Å². The van der Waals surface area contributed by atoms with Crippen LogP contribution in [0.3, 0.4) is 0 Å². The van der Waals surface area contributed by atoms with Gasteiger partial charge in [-0.15, -0.1) is 0 Å². The van der Waals surface area contributed by atoms with Crippen molar-refractivity contribution in [3.8, 4) is 0 Å². The van der Waals surface area contributed by atoms with Crippen molar-refractivity contribution in [2.45, 2.75) is 39.3 Å². The number of aromatic nitrogens is 2. The Labute approximate surface area is 108 Å². The van der Waals surface area contributed by atoms with E-state index in [9.17, 15) is 0 Å². The number of rotatable bonds is 5. The average molecular weight is 247 g/mol. The highest BCUT2D eigenvalue weighted by atomic mass is 16.3. The van der Waals surface area contributed by atoms with Crippen molar-refractivity contribution in [1.29, 1.82) is 0 Å². The third kappa shape index (κ3) is 2.71. The maximum Gasteiger partial charge on any atom is 0.137 e.